The summed E-state index contributed by atoms with van der Waals surface area (Å²) in [5.41, 5.74) is 5.29. The number of benzene rings is 3. The van der Waals surface area contributed by atoms with Crippen molar-refractivity contribution in [2.24, 2.45) is 5.16 Å². The molecular weight excluding hydrogens is 477 g/mol. The third-order valence-corrected chi connectivity index (χ3v) is 6.27. The average Bonchev–Trinajstić information content (AvgIpc) is 3.39. The van der Waals surface area contributed by atoms with Gasteiger partial charge in [-0.05, 0) is 72.1 Å². The summed E-state index contributed by atoms with van der Waals surface area (Å²) in [6, 6.07) is 23.2. The topological polar surface area (TPSA) is 63.6 Å². The number of halogens is 2. The lowest BCUT2D eigenvalue weighted by atomic mass is 9.94. The molecular formula is C29H23ClFN3O2. The minimum absolute atomic E-state index is 0.277. The van der Waals surface area contributed by atoms with E-state index in [4.69, 9.17) is 16.4 Å². The fraction of sp³-hybridized carbons (Fsp3) is 0.138. The van der Waals surface area contributed by atoms with Gasteiger partial charge in [0.25, 0.3) is 5.91 Å². The van der Waals surface area contributed by atoms with Crippen LogP contribution in [0.3, 0.4) is 0 Å². The van der Waals surface area contributed by atoms with Gasteiger partial charge in [-0.15, -0.1) is 0 Å². The molecule has 36 heavy (non-hydrogen) atoms. The van der Waals surface area contributed by atoms with E-state index in [0.29, 0.717) is 46.0 Å². The first-order valence-corrected chi connectivity index (χ1v) is 11.9. The number of aromatic nitrogens is 1. The van der Waals surface area contributed by atoms with Gasteiger partial charge in [0.1, 0.15) is 5.82 Å². The van der Waals surface area contributed by atoms with Crippen molar-refractivity contribution in [2.75, 3.05) is 0 Å². The first kappa shape index (κ1) is 23.7. The van der Waals surface area contributed by atoms with Gasteiger partial charge in [0.05, 0.1) is 11.4 Å². The maximum Gasteiger partial charge on any atom is 0.251 e. The minimum Gasteiger partial charge on any atom is -0.385 e. The van der Waals surface area contributed by atoms with E-state index in [2.05, 4.69) is 15.5 Å². The van der Waals surface area contributed by atoms with Gasteiger partial charge in [-0.2, -0.15) is 0 Å². The first-order valence-electron chi connectivity index (χ1n) is 11.5. The van der Waals surface area contributed by atoms with E-state index in [9.17, 15) is 9.18 Å². The van der Waals surface area contributed by atoms with Crippen LogP contribution in [0.15, 0.2) is 90.2 Å². The highest BCUT2D eigenvalue weighted by atomic mass is 35.5. The normalized spacial score (nSPS) is 14.8. The van der Waals surface area contributed by atoms with Gasteiger partial charge in [-0.3, -0.25) is 9.78 Å². The van der Waals surface area contributed by atoms with Crippen LogP contribution in [-0.4, -0.2) is 16.6 Å². The fourth-order valence-electron chi connectivity index (χ4n) is 4.09. The summed E-state index contributed by atoms with van der Waals surface area (Å²) < 4.78 is 14.9. The molecule has 2 heterocycles. The Morgan fingerprint density at radius 2 is 1.86 bits per heavy atom. The molecule has 0 fully saturated rings. The van der Waals surface area contributed by atoms with Gasteiger partial charge < -0.3 is 10.2 Å². The number of hydrogen-bond acceptors (Lipinski definition) is 4. The summed E-state index contributed by atoms with van der Waals surface area (Å²) in [7, 11) is 0. The third-order valence-electron chi connectivity index (χ3n) is 6.02. The van der Waals surface area contributed by atoms with Crippen LogP contribution in [0.2, 0.25) is 5.02 Å². The van der Waals surface area contributed by atoms with Gasteiger partial charge in [0.15, 0.2) is 6.10 Å². The minimum atomic E-state index is -0.351. The maximum atomic E-state index is 14.9. The van der Waals surface area contributed by atoms with E-state index in [-0.39, 0.29) is 17.8 Å². The number of nitrogens with one attached hydrogen (secondary N) is 1. The van der Waals surface area contributed by atoms with E-state index < -0.39 is 0 Å². The summed E-state index contributed by atoms with van der Waals surface area (Å²) in [6.07, 6.45) is 1.88. The maximum absolute atomic E-state index is 14.9. The lowest BCUT2D eigenvalue weighted by molar-refractivity contribution is 0.0826. The number of amides is 1. The number of rotatable bonds is 6. The Hall–Kier alpha value is -4.03. The number of hydrogen-bond donors (Lipinski definition) is 1. The molecule has 0 saturated carbocycles. The van der Waals surface area contributed by atoms with E-state index >= 15 is 0 Å². The van der Waals surface area contributed by atoms with Crippen LogP contribution in [0.25, 0.3) is 11.1 Å². The molecule has 0 bridgehead atoms. The molecule has 1 unspecified atom stereocenters. The molecule has 1 aromatic heterocycles. The van der Waals surface area contributed by atoms with Crippen LogP contribution < -0.4 is 5.32 Å². The van der Waals surface area contributed by atoms with Gasteiger partial charge in [0, 0.05) is 40.9 Å². The number of aryl methyl sites for hydroxylation is 1. The molecule has 1 aliphatic heterocycles. The summed E-state index contributed by atoms with van der Waals surface area (Å²) in [4.78, 5) is 23.2. The van der Waals surface area contributed by atoms with E-state index in [1.165, 1.54) is 6.07 Å². The monoisotopic (exact) mass is 499 g/mol. The summed E-state index contributed by atoms with van der Waals surface area (Å²) in [5, 5.41) is 7.84. The van der Waals surface area contributed by atoms with Crippen LogP contribution in [0, 0.1) is 12.7 Å². The zero-order valence-electron chi connectivity index (χ0n) is 19.5. The van der Waals surface area contributed by atoms with Gasteiger partial charge >= 0.3 is 0 Å². The second-order valence-corrected chi connectivity index (χ2v) is 9.12. The largest absolute Gasteiger partial charge is 0.385 e. The highest BCUT2D eigenvalue weighted by Crippen LogP contribution is 2.31. The predicted octanol–water partition coefficient (Wildman–Crippen LogP) is 6.65. The molecule has 4 aromatic rings. The summed E-state index contributed by atoms with van der Waals surface area (Å²) in [6.45, 7) is 2.17. The highest BCUT2D eigenvalue weighted by molar-refractivity contribution is 6.30. The summed E-state index contributed by atoms with van der Waals surface area (Å²) >= 11 is 5.95. The molecule has 0 spiro atoms. The highest BCUT2D eigenvalue weighted by Gasteiger charge is 2.26. The van der Waals surface area contributed by atoms with Gasteiger partial charge in [-0.25, -0.2) is 4.39 Å². The Balaban J connectivity index is 1.46. The Morgan fingerprint density at radius 1 is 1.06 bits per heavy atom. The molecule has 3 aromatic carbocycles. The smallest absolute Gasteiger partial charge is 0.251 e. The quantitative estimate of drug-likeness (QED) is 0.323. The molecule has 0 radical (unpaired) electrons. The van der Waals surface area contributed by atoms with Crippen LogP contribution in [0.1, 0.15) is 45.3 Å². The lowest BCUT2D eigenvalue weighted by Gasteiger charge is -2.12. The SMILES string of the molecule is Cc1ccc(-c2cc(C(=O)NCc3ccc(Cl)cc3)cc(C3=NOC(c4ccccn4)C3)c2)c(F)c1. The van der Waals surface area contributed by atoms with Gasteiger partial charge in [0.2, 0.25) is 0 Å². The molecule has 0 saturated heterocycles. The number of nitrogens with zero attached hydrogens (tertiary/aromatic N) is 2. The van der Waals surface area contributed by atoms with Gasteiger partial charge in [-0.1, -0.05) is 47.1 Å². The summed E-state index contributed by atoms with van der Waals surface area (Å²) in [5.74, 6) is -0.628. The second kappa shape index (κ2) is 10.3. The number of carbonyl (C=O) groups excluding carboxylic acids is 1. The average molecular weight is 500 g/mol. The van der Waals surface area contributed by atoms with Crippen molar-refractivity contribution < 1.29 is 14.0 Å². The molecule has 5 nitrogen and oxygen atoms in total. The van der Waals surface area contributed by atoms with Crippen molar-refractivity contribution in [3.8, 4) is 11.1 Å². The van der Waals surface area contributed by atoms with Crippen molar-refractivity contribution in [1.82, 2.24) is 10.3 Å². The molecule has 1 atom stereocenters. The van der Waals surface area contributed by atoms with Crippen LogP contribution >= 0.6 is 11.6 Å². The van der Waals surface area contributed by atoms with Crippen LogP contribution in [0.4, 0.5) is 4.39 Å². The Morgan fingerprint density at radius 3 is 2.61 bits per heavy atom. The van der Waals surface area contributed by atoms with Crippen molar-refractivity contribution in [3.63, 3.8) is 0 Å². The number of carbonyl (C=O) groups is 1. The van der Waals surface area contributed by atoms with Crippen LogP contribution in [-0.2, 0) is 11.4 Å². The van der Waals surface area contributed by atoms with Crippen molar-refractivity contribution >= 4 is 23.2 Å². The Bertz CT molecular complexity index is 1440. The lowest BCUT2D eigenvalue weighted by Crippen LogP contribution is -2.23. The zero-order chi connectivity index (χ0) is 25.1. The molecule has 1 amide bonds. The molecule has 180 valence electrons. The van der Waals surface area contributed by atoms with E-state index in [1.807, 2.05) is 49.4 Å². The van der Waals surface area contributed by atoms with E-state index in [1.54, 1.807) is 36.5 Å². The first-order chi connectivity index (χ1) is 17.5. The predicted molar refractivity (Wildman–Crippen MR) is 138 cm³/mol. The molecule has 1 aliphatic rings. The second-order valence-electron chi connectivity index (χ2n) is 8.68. The Labute approximate surface area is 213 Å². The number of oxime groups is 1. The molecule has 0 aliphatic carbocycles. The fourth-order valence-corrected chi connectivity index (χ4v) is 4.22. The van der Waals surface area contributed by atoms with E-state index in [0.717, 1.165) is 16.8 Å². The van der Waals surface area contributed by atoms with Crippen molar-refractivity contribution in [2.45, 2.75) is 26.0 Å². The zero-order valence-corrected chi connectivity index (χ0v) is 20.3. The third kappa shape index (κ3) is 5.29. The van der Waals surface area contributed by atoms with Crippen LogP contribution in [0.5, 0.6) is 0 Å². The molecule has 1 N–H and O–H groups in total. The molecule has 5 rings (SSSR count). The standard InChI is InChI=1S/C29H23ClFN3O2/c1-18-5-10-24(25(31)12-18)20-13-21(27-16-28(36-34-27)26-4-2-3-11-32-26)15-22(14-20)29(35)33-17-19-6-8-23(30)9-7-19/h2-15,28H,16-17H2,1H3,(H,33,35). The Kier molecular flexibility index (Phi) is 6.78. The number of pyridine rings is 1. The molecule has 7 heteroatoms. The van der Waals surface area contributed by atoms with Crippen molar-refractivity contribution in [1.29, 1.82) is 0 Å². The van der Waals surface area contributed by atoms with Crippen molar-refractivity contribution in [3.05, 3.63) is 124 Å².